The second-order valence-electron chi connectivity index (χ2n) is 14.0. The summed E-state index contributed by atoms with van der Waals surface area (Å²) in [5.74, 6) is 1.54. The van der Waals surface area contributed by atoms with Crippen molar-refractivity contribution in [1.29, 1.82) is 0 Å². The van der Waals surface area contributed by atoms with Crippen LogP contribution in [0, 0.1) is 0 Å². The van der Waals surface area contributed by atoms with Gasteiger partial charge in [0.05, 0.1) is 48.7 Å². The first-order valence-electron chi connectivity index (χ1n) is 18.8. The maximum atomic E-state index is 12.4. The average Bonchev–Trinajstić information content (AvgIpc) is 3.21. The van der Waals surface area contributed by atoms with Crippen LogP contribution in [0.3, 0.4) is 0 Å². The Kier molecular flexibility index (Phi) is 14.0. The Hall–Kier alpha value is -4.26. The van der Waals surface area contributed by atoms with Gasteiger partial charge in [0.1, 0.15) is 5.75 Å². The van der Waals surface area contributed by atoms with Crippen molar-refractivity contribution in [3.63, 3.8) is 0 Å². The molecule has 4 heterocycles. The third kappa shape index (κ3) is 9.77. The standard InChI is InChI=1S/C42H50Cl2N6O5/c1-27(51)49-19-13-31(14-20-49)46-25-29-9-8-28(24-37(29)54-3)41-40(44)34(12-18-45-41)33-6-5-7-35(39(33)43)36-11-10-30(42(48-36)55-4)26-47-32-15-21-50(22-16-32)38(52)17-23-53-2/h5-12,18,24,31-32,46-47H,13-17,19-23,25-26H2,1-4H3. The zero-order valence-electron chi connectivity index (χ0n) is 32.0. The maximum absolute atomic E-state index is 12.4. The Bertz CT molecular complexity index is 1960. The van der Waals surface area contributed by atoms with Crippen molar-refractivity contribution in [2.75, 3.05) is 54.1 Å². The molecule has 0 saturated carbocycles. The molecule has 6 rings (SSSR count). The van der Waals surface area contributed by atoms with Crippen molar-refractivity contribution >= 4 is 35.0 Å². The summed E-state index contributed by atoms with van der Waals surface area (Å²) in [6.07, 6.45) is 5.77. The number of methoxy groups -OCH3 is 3. The van der Waals surface area contributed by atoms with Crippen molar-refractivity contribution in [3.05, 3.63) is 82.0 Å². The van der Waals surface area contributed by atoms with Crippen LogP contribution >= 0.6 is 23.2 Å². The Balaban J connectivity index is 1.14. The van der Waals surface area contributed by atoms with E-state index in [4.69, 9.17) is 42.4 Å². The van der Waals surface area contributed by atoms with Crippen molar-refractivity contribution in [3.8, 4) is 45.3 Å². The largest absolute Gasteiger partial charge is 0.496 e. The van der Waals surface area contributed by atoms with Crippen molar-refractivity contribution in [2.24, 2.45) is 0 Å². The van der Waals surface area contributed by atoms with Gasteiger partial charge in [-0.1, -0.05) is 59.6 Å². The van der Waals surface area contributed by atoms with Gasteiger partial charge in [-0.15, -0.1) is 0 Å². The van der Waals surface area contributed by atoms with Gasteiger partial charge in [-0.05, 0) is 43.9 Å². The predicted octanol–water partition coefficient (Wildman–Crippen LogP) is 7.02. The van der Waals surface area contributed by atoms with Crippen LogP contribution in [0.1, 0.15) is 50.2 Å². The van der Waals surface area contributed by atoms with Crippen LogP contribution in [0.25, 0.3) is 33.6 Å². The minimum atomic E-state index is 0.132. The van der Waals surface area contributed by atoms with E-state index in [0.29, 0.717) is 65.5 Å². The van der Waals surface area contributed by atoms with Gasteiger partial charge in [0.15, 0.2) is 0 Å². The molecule has 0 bridgehead atoms. The van der Waals surface area contributed by atoms with E-state index in [9.17, 15) is 9.59 Å². The van der Waals surface area contributed by atoms with Gasteiger partial charge in [-0.3, -0.25) is 14.6 Å². The lowest BCUT2D eigenvalue weighted by Crippen LogP contribution is -2.44. The fraction of sp³-hybridized carbons (Fsp3) is 0.429. The first-order valence-corrected chi connectivity index (χ1v) is 19.6. The normalized spacial score (nSPS) is 15.3. The van der Waals surface area contributed by atoms with E-state index in [-0.39, 0.29) is 11.8 Å². The van der Waals surface area contributed by atoms with Crippen molar-refractivity contribution in [1.82, 2.24) is 30.4 Å². The molecule has 0 spiro atoms. The summed E-state index contributed by atoms with van der Waals surface area (Å²) < 4.78 is 16.6. The second-order valence-corrected chi connectivity index (χ2v) is 14.8. The molecule has 13 heteroatoms. The minimum Gasteiger partial charge on any atom is -0.496 e. The topological polar surface area (TPSA) is 118 Å². The van der Waals surface area contributed by atoms with Gasteiger partial charge in [-0.2, -0.15) is 0 Å². The molecule has 11 nitrogen and oxygen atoms in total. The molecule has 2 aromatic heterocycles. The molecule has 0 aliphatic carbocycles. The molecule has 0 radical (unpaired) electrons. The smallest absolute Gasteiger partial charge is 0.224 e. The highest BCUT2D eigenvalue weighted by Gasteiger charge is 2.24. The summed E-state index contributed by atoms with van der Waals surface area (Å²) in [7, 11) is 4.90. The summed E-state index contributed by atoms with van der Waals surface area (Å²) in [5, 5.41) is 8.25. The molecule has 0 atom stereocenters. The summed E-state index contributed by atoms with van der Waals surface area (Å²) in [6.45, 7) is 6.32. The van der Waals surface area contributed by atoms with Gasteiger partial charge >= 0.3 is 0 Å². The SMILES string of the molecule is COCCC(=O)N1CCC(NCc2ccc(-c3cccc(-c4ccnc(-c5ccc(CNC6CCN(C(C)=O)CC6)c(OC)c5)c4Cl)c3Cl)nc2OC)CC1. The molecule has 292 valence electrons. The molecule has 2 saturated heterocycles. The van der Waals surface area contributed by atoms with E-state index in [2.05, 4.69) is 15.6 Å². The number of hydrogen-bond acceptors (Lipinski definition) is 9. The highest BCUT2D eigenvalue weighted by molar-refractivity contribution is 6.39. The number of hydrogen-bond donors (Lipinski definition) is 2. The van der Waals surface area contributed by atoms with Crippen LogP contribution in [0.5, 0.6) is 11.6 Å². The zero-order valence-corrected chi connectivity index (χ0v) is 33.5. The average molecular weight is 790 g/mol. The lowest BCUT2D eigenvalue weighted by Gasteiger charge is -2.32. The van der Waals surface area contributed by atoms with Crippen LogP contribution < -0.4 is 20.1 Å². The van der Waals surface area contributed by atoms with Gasteiger partial charge < -0.3 is 34.6 Å². The fourth-order valence-corrected chi connectivity index (χ4v) is 7.99. The molecule has 0 unspecified atom stereocenters. The Morgan fingerprint density at radius 2 is 1.42 bits per heavy atom. The molecular weight excluding hydrogens is 739 g/mol. The van der Waals surface area contributed by atoms with Crippen molar-refractivity contribution < 1.29 is 23.8 Å². The molecule has 2 N–H and O–H groups in total. The number of carbonyl (C=O) groups is 2. The number of nitrogens with one attached hydrogen (secondary N) is 2. The number of likely N-dealkylation sites (tertiary alicyclic amines) is 2. The lowest BCUT2D eigenvalue weighted by molar-refractivity contribution is -0.133. The van der Waals surface area contributed by atoms with Crippen LogP contribution in [0.4, 0.5) is 0 Å². The minimum absolute atomic E-state index is 0.132. The number of halogens is 2. The van der Waals surface area contributed by atoms with Crippen LogP contribution in [0.2, 0.25) is 10.0 Å². The molecule has 2 fully saturated rings. The number of rotatable bonds is 14. The predicted molar refractivity (Wildman–Crippen MR) is 217 cm³/mol. The first kappa shape index (κ1) is 40.4. The maximum Gasteiger partial charge on any atom is 0.224 e. The Labute approximate surface area is 333 Å². The number of pyridine rings is 2. The molecule has 4 aromatic rings. The Morgan fingerprint density at radius 1 is 0.782 bits per heavy atom. The summed E-state index contributed by atoms with van der Waals surface area (Å²) in [6, 6.07) is 18.3. The fourth-order valence-electron chi connectivity index (χ4n) is 7.35. The van der Waals surface area contributed by atoms with E-state index in [1.807, 2.05) is 64.4 Å². The monoisotopic (exact) mass is 788 g/mol. The molecular formula is C42H50Cl2N6O5. The second kappa shape index (κ2) is 19.1. The van der Waals surface area contributed by atoms with Crippen LogP contribution in [0.15, 0.2) is 60.8 Å². The van der Waals surface area contributed by atoms with Gasteiger partial charge in [0.2, 0.25) is 17.7 Å². The molecule has 2 aromatic carbocycles. The quantitative estimate of drug-likeness (QED) is 0.139. The number of benzene rings is 2. The summed E-state index contributed by atoms with van der Waals surface area (Å²) >= 11 is 14.3. The first-order chi connectivity index (χ1) is 26.7. The van der Waals surface area contributed by atoms with Gasteiger partial charge in [0, 0.05) is 105 Å². The van der Waals surface area contributed by atoms with Crippen LogP contribution in [-0.4, -0.2) is 97.8 Å². The van der Waals surface area contributed by atoms with Gasteiger partial charge in [0.25, 0.3) is 0 Å². The number of nitrogens with zero attached hydrogens (tertiary/aromatic N) is 4. The van der Waals surface area contributed by atoms with Gasteiger partial charge in [-0.25, -0.2) is 4.98 Å². The van der Waals surface area contributed by atoms with Crippen LogP contribution in [-0.2, 0) is 27.4 Å². The third-order valence-corrected chi connectivity index (χ3v) is 11.4. The molecule has 2 amide bonds. The number of piperidine rings is 2. The Morgan fingerprint density at radius 3 is 2.07 bits per heavy atom. The van der Waals surface area contributed by atoms with Crippen molar-refractivity contribution in [2.45, 2.75) is 64.2 Å². The number of amides is 2. The third-order valence-electron chi connectivity index (χ3n) is 10.6. The van der Waals surface area contributed by atoms with E-state index in [0.717, 1.165) is 91.0 Å². The summed E-state index contributed by atoms with van der Waals surface area (Å²) in [4.78, 5) is 37.4. The number of aromatic nitrogens is 2. The highest BCUT2D eigenvalue weighted by atomic mass is 35.5. The molecule has 55 heavy (non-hydrogen) atoms. The number of ether oxygens (including phenoxy) is 3. The van der Waals surface area contributed by atoms with E-state index in [1.165, 1.54) is 0 Å². The number of carbonyl (C=O) groups excluding carboxylic acids is 2. The van der Waals surface area contributed by atoms with E-state index < -0.39 is 0 Å². The van der Waals surface area contributed by atoms with E-state index in [1.54, 1.807) is 34.4 Å². The zero-order chi connectivity index (χ0) is 38.9. The lowest BCUT2D eigenvalue weighted by atomic mass is 9.99. The molecule has 2 aliphatic rings. The summed E-state index contributed by atoms with van der Waals surface area (Å²) in [5.41, 5.74) is 6.35. The molecule has 2 aliphatic heterocycles. The highest BCUT2D eigenvalue weighted by Crippen LogP contribution is 2.42. The van der Waals surface area contributed by atoms with E-state index >= 15 is 0 Å².